The van der Waals surface area contributed by atoms with Gasteiger partial charge in [-0.05, 0) is 52.4 Å². The van der Waals surface area contributed by atoms with Crippen LogP contribution < -0.4 is 5.32 Å². The maximum absolute atomic E-state index is 13.7. The number of halogens is 2. The molecule has 0 radical (unpaired) electrons. The third-order valence-corrected chi connectivity index (χ3v) is 4.41. The summed E-state index contributed by atoms with van der Waals surface area (Å²) in [5.41, 5.74) is 0.109. The highest BCUT2D eigenvalue weighted by molar-refractivity contribution is 9.10. The molecule has 1 N–H and O–H groups in total. The molecule has 0 unspecified atom stereocenters. The van der Waals surface area contributed by atoms with Gasteiger partial charge in [0, 0.05) is 6.04 Å². The second-order valence-corrected chi connectivity index (χ2v) is 6.04. The van der Waals surface area contributed by atoms with Crippen LogP contribution in [-0.4, -0.2) is 23.5 Å². The number of hydrogen-bond donors (Lipinski definition) is 1. The Kier molecular flexibility index (Phi) is 4.45. The second kappa shape index (κ2) is 5.87. The van der Waals surface area contributed by atoms with Crippen molar-refractivity contribution >= 4 is 33.6 Å². The molecule has 1 aromatic rings. The molecule has 1 fully saturated rings. The van der Waals surface area contributed by atoms with Crippen molar-refractivity contribution in [3.8, 4) is 0 Å². The van der Waals surface area contributed by atoms with Gasteiger partial charge in [0.1, 0.15) is 5.82 Å². The van der Waals surface area contributed by atoms with E-state index in [-0.39, 0.29) is 17.5 Å². The van der Waals surface area contributed by atoms with Crippen molar-refractivity contribution in [1.29, 1.82) is 0 Å². The molecule has 0 aromatic heterocycles. The Morgan fingerprint density at radius 3 is 2.82 bits per heavy atom. The molecule has 1 amide bonds. The highest BCUT2D eigenvalue weighted by Crippen LogP contribution is 2.20. The first-order valence-electron chi connectivity index (χ1n) is 5.51. The van der Waals surface area contributed by atoms with Crippen LogP contribution in [0.5, 0.6) is 0 Å². The third-order valence-electron chi connectivity index (χ3n) is 2.75. The summed E-state index contributed by atoms with van der Waals surface area (Å²) in [7, 11) is 0. The first-order chi connectivity index (χ1) is 8.18. The van der Waals surface area contributed by atoms with E-state index in [0.29, 0.717) is 4.47 Å². The van der Waals surface area contributed by atoms with E-state index in [1.807, 2.05) is 11.8 Å². The first kappa shape index (κ1) is 12.9. The highest BCUT2D eigenvalue weighted by atomic mass is 79.9. The van der Waals surface area contributed by atoms with Crippen LogP contribution in [0.4, 0.5) is 4.39 Å². The monoisotopic (exact) mass is 317 g/mol. The van der Waals surface area contributed by atoms with Crippen molar-refractivity contribution in [2.75, 3.05) is 11.5 Å². The van der Waals surface area contributed by atoms with Crippen LogP contribution in [0, 0.1) is 5.82 Å². The normalized spacial score (nSPS) is 16.8. The number of carbonyl (C=O) groups is 1. The zero-order chi connectivity index (χ0) is 12.3. The van der Waals surface area contributed by atoms with E-state index < -0.39 is 5.82 Å². The standard InChI is InChI=1S/C12H13BrFNOS/c13-10-3-1-2-9(11(10)14)12(16)15-8-4-6-17-7-5-8/h1-3,8H,4-7H2,(H,15,16). The average Bonchev–Trinajstić information content (AvgIpc) is 2.34. The van der Waals surface area contributed by atoms with Gasteiger partial charge in [-0.2, -0.15) is 11.8 Å². The summed E-state index contributed by atoms with van der Waals surface area (Å²) >= 11 is 4.98. The number of carbonyl (C=O) groups excluding carboxylic acids is 1. The molecule has 1 aliphatic rings. The molecule has 1 heterocycles. The zero-order valence-corrected chi connectivity index (χ0v) is 11.6. The lowest BCUT2D eigenvalue weighted by molar-refractivity contribution is 0.0930. The fraction of sp³-hybridized carbons (Fsp3) is 0.417. The first-order valence-corrected chi connectivity index (χ1v) is 7.46. The molecule has 2 rings (SSSR count). The van der Waals surface area contributed by atoms with E-state index in [4.69, 9.17) is 0 Å². The summed E-state index contributed by atoms with van der Waals surface area (Å²) in [6.45, 7) is 0. The molecule has 0 saturated carbocycles. The van der Waals surface area contributed by atoms with Crippen molar-refractivity contribution in [3.63, 3.8) is 0 Å². The van der Waals surface area contributed by atoms with Gasteiger partial charge >= 0.3 is 0 Å². The lowest BCUT2D eigenvalue weighted by atomic mass is 10.1. The average molecular weight is 318 g/mol. The third kappa shape index (κ3) is 3.22. The smallest absolute Gasteiger partial charge is 0.254 e. The molecule has 1 saturated heterocycles. The zero-order valence-electron chi connectivity index (χ0n) is 9.21. The molecule has 0 bridgehead atoms. The maximum Gasteiger partial charge on any atom is 0.254 e. The van der Waals surface area contributed by atoms with Crippen molar-refractivity contribution < 1.29 is 9.18 Å². The Morgan fingerprint density at radius 2 is 2.12 bits per heavy atom. The molecule has 0 spiro atoms. The largest absolute Gasteiger partial charge is 0.349 e. The van der Waals surface area contributed by atoms with Gasteiger partial charge in [-0.15, -0.1) is 0 Å². The van der Waals surface area contributed by atoms with Crippen molar-refractivity contribution in [1.82, 2.24) is 5.32 Å². The Bertz CT molecular complexity index is 421. The Morgan fingerprint density at radius 1 is 1.41 bits per heavy atom. The Balaban J connectivity index is 2.06. The van der Waals surface area contributed by atoms with Gasteiger partial charge in [0.15, 0.2) is 0 Å². The number of thioether (sulfide) groups is 1. The van der Waals surface area contributed by atoms with Gasteiger partial charge < -0.3 is 5.32 Å². The Labute approximate surface area is 112 Å². The van der Waals surface area contributed by atoms with E-state index in [9.17, 15) is 9.18 Å². The van der Waals surface area contributed by atoms with Gasteiger partial charge in [-0.3, -0.25) is 4.79 Å². The predicted octanol–water partition coefficient (Wildman–Crippen LogP) is 3.21. The lowest BCUT2D eigenvalue weighted by Crippen LogP contribution is -2.37. The Hall–Kier alpha value is -0.550. The van der Waals surface area contributed by atoms with E-state index in [1.165, 1.54) is 6.07 Å². The number of hydrogen-bond acceptors (Lipinski definition) is 2. The molecular formula is C12H13BrFNOS. The molecule has 5 heteroatoms. The molecule has 0 aliphatic carbocycles. The summed E-state index contributed by atoms with van der Waals surface area (Å²) in [6.07, 6.45) is 1.93. The van der Waals surface area contributed by atoms with E-state index >= 15 is 0 Å². The van der Waals surface area contributed by atoms with Crippen LogP contribution in [0.3, 0.4) is 0 Å². The molecule has 92 valence electrons. The number of amides is 1. The number of nitrogens with one attached hydrogen (secondary N) is 1. The number of rotatable bonds is 2. The van der Waals surface area contributed by atoms with E-state index in [2.05, 4.69) is 21.2 Å². The summed E-state index contributed by atoms with van der Waals surface area (Å²) < 4.78 is 14.0. The van der Waals surface area contributed by atoms with Crippen LogP contribution in [-0.2, 0) is 0 Å². The van der Waals surface area contributed by atoms with Crippen LogP contribution in [0.1, 0.15) is 23.2 Å². The highest BCUT2D eigenvalue weighted by Gasteiger charge is 2.19. The fourth-order valence-electron chi connectivity index (χ4n) is 1.78. The van der Waals surface area contributed by atoms with Gasteiger partial charge in [0.05, 0.1) is 10.0 Å². The molecule has 1 aromatic carbocycles. The van der Waals surface area contributed by atoms with Crippen LogP contribution in [0.25, 0.3) is 0 Å². The molecule has 1 aliphatic heterocycles. The summed E-state index contributed by atoms with van der Waals surface area (Å²) in [5.74, 6) is 1.31. The number of benzene rings is 1. The van der Waals surface area contributed by atoms with Gasteiger partial charge in [0.25, 0.3) is 5.91 Å². The van der Waals surface area contributed by atoms with Gasteiger partial charge in [-0.1, -0.05) is 6.07 Å². The molecule has 2 nitrogen and oxygen atoms in total. The minimum absolute atomic E-state index is 0.109. The summed E-state index contributed by atoms with van der Waals surface area (Å²) in [6, 6.07) is 4.94. The van der Waals surface area contributed by atoms with Crippen LogP contribution >= 0.6 is 27.7 Å². The predicted molar refractivity (Wildman–Crippen MR) is 71.9 cm³/mol. The second-order valence-electron chi connectivity index (χ2n) is 3.96. The van der Waals surface area contributed by atoms with Crippen molar-refractivity contribution in [3.05, 3.63) is 34.1 Å². The lowest BCUT2D eigenvalue weighted by Gasteiger charge is -2.22. The van der Waals surface area contributed by atoms with Gasteiger partial charge in [0.2, 0.25) is 0 Å². The van der Waals surface area contributed by atoms with Crippen molar-refractivity contribution in [2.24, 2.45) is 0 Å². The van der Waals surface area contributed by atoms with Crippen LogP contribution in [0.15, 0.2) is 22.7 Å². The summed E-state index contributed by atoms with van der Waals surface area (Å²) in [4.78, 5) is 11.9. The molecular weight excluding hydrogens is 305 g/mol. The summed E-state index contributed by atoms with van der Waals surface area (Å²) in [5, 5.41) is 2.89. The topological polar surface area (TPSA) is 29.1 Å². The molecule has 0 atom stereocenters. The maximum atomic E-state index is 13.7. The van der Waals surface area contributed by atoms with E-state index in [0.717, 1.165) is 24.3 Å². The molecule has 17 heavy (non-hydrogen) atoms. The minimum atomic E-state index is -0.491. The quantitative estimate of drug-likeness (QED) is 0.907. The van der Waals surface area contributed by atoms with Crippen LogP contribution in [0.2, 0.25) is 0 Å². The SMILES string of the molecule is O=C(NC1CCSCC1)c1cccc(Br)c1F. The van der Waals surface area contributed by atoms with E-state index in [1.54, 1.807) is 12.1 Å². The fourth-order valence-corrected chi connectivity index (χ4v) is 3.26. The minimum Gasteiger partial charge on any atom is -0.349 e. The van der Waals surface area contributed by atoms with Crippen molar-refractivity contribution in [2.45, 2.75) is 18.9 Å². The van der Waals surface area contributed by atoms with Gasteiger partial charge in [-0.25, -0.2) is 4.39 Å².